The Morgan fingerprint density at radius 3 is 2.06 bits per heavy atom. The van der Waals surface area contributed by atoms with E-state index in [0.29, 0.717) is 5.41 Å². The second-order valence-corrected chi connectivity index (χ2v) is 6.50. The zero-order valence-corrected chi connectivity index (χ0v) is 11.6. The van der Waals surface area contributed by atoms with Crippen molar-refractivity contribution < 1.29 is 5.32 Å². The number of quaternary nitrogens is 1. The van der Waals surface area contributed by atoms with E-state index >= 15 is 0 Å². The Kier molecular flexibility index (Phi) is 3.80. The summed E-state index contributed by atoms with van der Waals surface area (Å²) in [6.07, 6.45) is 1.20. The number of hydrogen-bond donors (Lipinski definition) is 1. The van der Waals surface area contributed by atoms with Crippen molar-refractivity contribution in [2.75, 3.05) is 7.05 Å². The Balaban J connectivity index is 3.06. The molecule has 1 heteroatoms. The van der Waals surface area contributed by atoms with E-state index < -0.39 is 0 Å². The van der Waals surface area contributed by atoms with Gasteiger partial charge in [-0.15, -0.1) is 0 Å². The number of rotatable bonds is 3. The first-order valence-electron chi connectivity index (χ1n) is 6.15. The SMILES string of the molecule is C[NH2+]c1ccccc1C(C)(C)CC(C)(C)C. The molecule has 0 amide bonds. The number of nitrogens with two attached hydrogens (primary N) is 1. The van der Waals surface area contributed by atoms with E-state index in [2.05, 4.69) is 71.2 Å². The van der Waals surface area contributed by atoms with Crippen LogP contribution < -0.4 is 5.32 Å². The molecule has 0 bridgehead atoms. The summed E-state index contributed by atoms with van der Waals surface area (Å²) in [5, 5.41) is 2.21. The highest BCUT2D eigenvalue weighted by Crippen LogP contribution is 2.38. The summed E-state index contributed by atoms with van der Waals surface area (Å²) in [4.78, 5) is 0. The average molecular weight is 220 g/mol. The van der Waals surface area contributed by atoms with E-state index in [0.717, 1.165) is 0 Å². The first-order chi connectivity index (χ1) is 7.26. The minimum absolute atomic E-state index is 0.237. The lowest BCUT2D eigenvalue weighted by Gasteiger charge is -2.33. The van der Waals surface area contributed by atoms with Gasteiger partial charge in [-0.25, -0.2) is 0 Å². The molecule has 16 heavy (non-hydrogen) atoms. The Morgan fingerprint density at radius 1 is 1.00 bits per heavy atom. The third kappa shape index (κ3) is 3.34. The highest BCUT2D eigenvalue weighted by Gasteiger charge is 2.29. The lowest BCUT2D eigenvalue weighted by molar-refractivity contribution is -0.540. The summed E-state index contributed by atoms with van der Waals surface area (Å²) in [5.74, 6) is 0. The van der Waals surface area contributed by atoms with Gasteiger partial charge in [-0.1, -0.05) is 52.8 Å². The van der Waals surface area contributed by atoms with Crippen LogP contribution in [0, 0.1) is 5.41 Å². The summed E-state index contributed by atoms with van der Waals surface area (Å²) in [7, 11) is 2.12. The van der Waals surface area contributed by atoms with Crippen molar-refractivity contribution in [1.82, 2.24) is 0 Å². The molecule has 0 atom stereocenters. The molecule has 1 aromatic carbocycles. The third-order valence-corrected chi connectivity index (χ3v) is 2.97. The molecule has 0 heterocycles. The molecule has 1 aromatic rings. The van der Waals surface area contributed by atoms with Crippen molar-refractivity contribution in [3.8, 4) is 0 Å². The number of para-hydroxylation sites is 1. The van der Waals surface area contributed by atoms with E-state index in [1.165, 1.54) is 17.7 Å². The van der Waals surface area contributed by atoms with Gasteiger partial charge >= 0.3 is 0 Å². The molecule has 0 fully saturated rings. The largest absolute Gasteiger partial charge is 0.316 e. The van der Waals surface area contributed by atoms with E-state index in [4.69, 9.17) is 0 Å². The Hall–Kier alpha value is -0.820. The Morgan fingerprint density at radius 2 is 1.56 bits per heavy atom. The van der Waals surface area contributed by atoms with E-state index in [-0.39, 0.29) is 5.41 Å². The van der Waals surface area contributed by atoms with Gasteiger partial charge in [0.05, 0.1) is 7.05 Å². The fraction of sp³-hybridized carbons (Fsp3) is 0.600. The maximum absolute atomic E-state index is 2.35. The highest BCUT2D eigenvalue weighted by atomic mass is 14.8. The van der Waals surface area contributed by atoms with Crippen LogP contribution in [0.25, 0.3) is 0 Å². The lowest BCUT2D eigenvalue weighted by atomic mass is 9.72. The average Bonchev–Trinajstić information content (AvgIpc) is 2.14. The van der Waals surface area contributed by atoms with Crippen LogP contribution in [-0.4, -0.2) is 7.05 Å². The van der Waals surface area contributed by atoms with Gasteiger partial charge in [-0.3, -0.25) is 0 Å². The summed E-state index contributed by atoms with van der Waals surface area (Å²) in [6, 6.07) is 8.74. The van der Waals surface area contributed by atoms with Crippen molar-refractivity contribution in [1.29, 1.82) is 0 Å². The molecule has 90 valence electrons. The molecule has 0 saturated heterocycles. The summed E-state index contributed by atoms with van der Waals surface area (Å²) in [6.45, 7) is 11.6. The van der Waals surface area contributed by atoms with Gasteiger partial charge in [0.15, 0.2) is 0 Å². The number of benzene rings is 1. The molecule has 0 aromatic heterocycles. The molecule has 0 radical (unpaired) electrons. The second kappa shape index (κ2) is 4.58. The predicted molar refractivity (Wildman–Crippen MR) is 71.0 cm³/mol. The van der Waals surface area contributed by atoms with Crippen LogP contribution in [0.15, 0.2) is 24.3 Å². The molecular weight excluding hydrogens is 194 g/mol. The van der Waals surface area contributed by atoms with Crippen LogP contribution >= 0.6 is 0 Å². The predicted octanol–water partition coefficient (Wildman–Crippen LogP) is 3.23. The third-order valence-electron chi connectivity index (χ3n) is 2.97. The van der Waals surface area contributed by atoms with Gasteiger partial charge in [0.2, 0.25) is 0 Å². The molecule has 0 aliphatic heterocycles. The van der Waals surface area contributed by atoms with Crippen LogP contribution in [0.3, 0.4) is 0 Å². The first kappa shape index (κ1) is 13.2. The van der Waals surface area contributed by atoms with Crippen LogP contribution in [0.1, 0.15) is 46.6 Å². The van der Waals surface area contributed by atoms with E-state index in [1.54, 1.807) is 0 Å². The fourth-order valence-electron chi connectivity index (χ4n) is 2.79. The van der Waals surface area contributed by atoms with Crippen LogP contribution in [-0.2, 0) is 5.41 Å². The molecule has 2 N–H and O–H groups in total. The minimum Gasteiger partial charge on any atom is -0.316 e. The van der Waals surface area contributed by atoms with Gasteiger partial charge in [-0.2, -0.15) is 0 Å². The topological polar surface area (TPSA) is 16.6 Å². The molecule has 0 unspecified atom stereocenters. The molecular formula is C15H26N+. The van der Waals surface area contributed by atoms with Gasteiger partial charge in [0.25, 0.3) is 0 Å². The Labute approximate surface area is 100 Å². The quantitative estimate of drug-likeness (QED) is 0.753. The summed E-state index contributed by atoms with van der Waals surface area (Å²) >= 11 is 0. The van der Waals surface area contributed by atoms with Gasteiger partial charge in [0.1, 0.15) is 5.69 Å². The van der Waals surface area contributed by atoms with Gasteiger partial charge in [-0.05, 0) is 23.3 Å². The first-order valence-corrected chi connectivity index (χ1v) is 6.15. The number of hydrogen-bond acceptors (Lipinski definition) is 0. The lowest BCUT2D eigenvalue weighted by Crippen LogP contribution is -2.73. The normalized spacial score (nSPS) is 12.9. The zero-order chi connectivity index (χ0) is 12.4. The maximum Gasteiger partial charge on any atom is 0.133 e. The fourth-order valence-corrected chi connectivity index (χ4v) is 2.79. The molecule has 0 aliphatic rings. The second-order valence-electron chi connectivity index (χ2n) is 6.50. The van der Waals surface area contributed by atoms with Crippen molar-refractivity contribution in [3.05, 3.63) is 29.8 Å². The maximum atomic E-state index is 2.35. The molecule has 1 rings (SSSR count). The van der Waals surface area contributed by atoms with Gasteiger partial charge in [0, 0.05) is 5.56 Å². The Bertz CT molecular complexity index is 345. The zero-order valence-electron chi connectivity index (χ0n) is 11.6. The van der Waals surface area contributed by atoms with E-state index in [1.807, 2.05) is 0 Å². The summed E-state index contributed by atoms with van der Waals surface area (Å²) in [5.41, 5.74) is 3.44. The van der Waals surface area contributed by atoms with Crippen molar-refractivity contribution in [2.45, 2.75) is 46.5 Å². The van der Waals surface area contributed by atoms with Crippen molar-refractivity contribution >= 4 is 5.69 Å². The highest BCUT2D eigenvalue weighted by molar-refractivity contribution is 5.43. The van der Waals surface area contributed by atoms with Crippen molar-refractivity contribution in [3.63, 3.8) is 0 Å². The molecule has 0 spiro atoms. The monoisotopic (exact) mass is 220 g/mol. The van der Waals surface area contributed by atoms with Crippen LogP contribution in [0.5, 0.6) is 0 Å². The molecule has 0 aliphatic carbocycles. The van der Waals surface area contributed by atoms with Crippen LogP contribution in [0.2, 0.25) is 0 Å². The minimum atomic E-state index is 0.237. The smallest absolute Gasteiger partial charge is 0.133 e. The summed E-state index contributed by atoms with van der Waals surface area (Å²) < 4.78 is 0. The van der Waals surface area contributed by atoms with Gasteiger partial charge < -0.3 is 5.32 Å². The van der Waals surface area contributed by atoms with Crippen molar-refractivity contribution in [2.24, 2.45) is 5.41 Å². The standard InChI is InChI=1S/C15H25N/c1-14(2,3)11-15(4,5)12-9-7-8-10-13(12)16-6/h7-10,16H,11H2,1-6H3/p+1. The van der Waals surface area contributed by atoms with Crippen LogP contribution in [0.4, 0.5) is 5.69 Å². The van der Waals surface area contributed by atoms with E-state index in [9.17, 15) is 0 Å². The molecule has 1 nitrogen and oxygen atoms in total. The molecule has 0 saturated carbocycles.